The fraction of sp³-hybridized carbons (Fsp3) is 0.368. The van der Waals surface area contributed by atoms with Crippen molar-refractivity contribution in [2.75, 3.05) is 4.90 Å². The summed E-state index contributed by atoms with van der Waals surface area (Å²) >= 11 is 7.46. The maximum absolute atomic E-state index is 13.2. The predicted octanol–water partition coefficient (Wildman–Crippen LogP) is 4.12. The summed E-state index contributed by atoms with van der Waals surface area (Å²) in [5.74, 6) is 0.135. The predicted molar refractivity (Wildman–Crippen MR) is 100 cm³/mol. The number of anilines is 1. The third-order valence-corrected chi connectivity index (χ3v) is 9.20. The summed E-state index contributed by atoms with van der Waals surface area (Å²) in [6.45, 7) is 0. The second-order valence-electron chi connectivity index (χ2n) is 7.01. The lowest BCUT2D eigenvalue weighted by Gasteiger charge is -2.28. The van der Waals surface area contributed by atoms with E-state index in [1.807, 2.05) is 42.5 Å². The first-order valence-corrected chi connectivity index (χ1v) is 10.1. The van der Waals surface area contributed by atoms with Crippen molar-refractivity contribution in [3.8, 4) is 0 Å². The Labute approximate surface area is 156 Å². The minimum atomic E-state index is -0.167. The second-order valence-corrected chi connectivity index (χ2v) is 9.13. The van der Waals surface area contributed by atoms with E-state index in [0.29, 0.717) is 0 Å². The van der Waals surface area contributed by atoms with Crippen LogP contribution in [0.25, 0.3) is 10.8 Å². The molecule has 24 heavy (non-hydrogen) atoms. The van der Waals surface area contributed by atoms with Crippen molar-refractivity contribution < 1.29 is 9.59 Å². The maximum atomic E-state index is 13.2. The Morgan fingerprint density at radius 1 is 0.833 bits per heavy atom. The third-order valence-electron chi connectivity index (χ3n) is 5.99. The quantitative estimate of drug-likeness (QED) is 0.486. The number of rotatable bonds is 1. The van der Waals surface area contributed by atoms with E-state index in [9.17, 15) is 9.59 Å². The van der Waals surface area contributed by atoms with Crippen LogP contribution < -0.4 is 4.90 Å². The lowest BCUT2D eigenvalue weighted by molar-refractivity contribution is -0.123. The standard InChI is InChI=1S/C19H15Br2NO2/c20-16-11-8-12(17(16)21)15-14(11)18(23)22(19(15)24)13-7-3-5-9-4-1-2-6-10(9)13/h1-7,11-12,14-17H,8H2/t11-,12-,14-,15+,16+,17+/m1/s1. The van der Waals surface area contributed by atoms with Gasteiger partial charge < -0.3 is 0 Å². The Morgan fingerprint density at radius 3 is 2.08 bits per heavy atom. The molecule has 3 fully saturated rings. The molecule has 0 unspecified atom stereocenters. The van der Waals surface area contributed by atoms with E-state index in [2.05, 4.69) is 31.9 Å². The molecule has 0 radical (unpaired) electrons. The molecule has 5 rings (SSSR count). The van der Waals surface area contributed by atoms with Gasteiger partial charge in [-0.15, -0.1) is 0 Å². The highest BCUT2D eigenvalue weighted by atomic mass is 79.9. The first-order chi connectivity index (χ1) is 11.6. The van der Waals surface area contributed by atoms with Gasteiger partial charge in [-0.1, -0.05) is 68.3 Å². The number of carbonyl (C=O) groups is 2. The monoisotopic (exact) mass is 447 g/mol. The Hall–Kier alpha value is -1.20. The maximum Gasteiger partial charge on any atom is 0.238 e. The van der Waals surface area contributed by atoms with Crippen molar-refractivity contribution in [3.63, 3.8) is 0 Å². The molecule has 6 atom stereocenters. The molecule has 3 nitrogen and oxygen atoms in total. The minimum Gasteiger partial charge on any atom is -0.274 e. The minimum absolute atomic E-state index is 0.0160. The lowest BCUT2D eigenvalue weighted by Crippen LogP contribution is -2.37. The van der Waals surface area contributed by atoms with Crippen LogP contribution in [0.1, 0.15) is 6.42 Å². The lowest BCUT2D eigenvalue weighted by atomic mass is 9.81. The van der Waals surface area contributed by atoms with Gasteiger partial charge in [-0.05, 0) is 29.7 Å². The zero-order valence-corrected chi connectivity index (χ0v) is 15.9. The SMILES string of the molecule is O=C1[C@@H]2[C@H]3C[C@@H]([C@H](Br)[C@H]3Br)[C@@H]2C(=O)N1c1cccc2ccccc12. The van der Waals surface area contributed by atoms with E-state index in [1.54, 1.807) is 0 Å². The summed E-state index contributed by atoms with van der Waals surface area (Å²) in [6.07, 6.45) is 0.960. The number of carbonyl (C=O) groups excluding carboxylic acids is 2. The Bertz CT molecular complexity index is 845. The number of benzene rings is 2. The number of hydrogen-bond donors (Lipinski definition) is 0. The van der Waals surface area contributed by atoms with Gasteiger partial charge in [0.25, 0.3) is 0 Å². The molecule has 0 spiro atoms. The number of nitrogens with zero attached hydrogens (tertiary/aromatic N) is 1. The largest absolute Gasteiger partial charge is 0.274 e. The molecule has 0 aromatic heterocycles. The number of fused-ring (bicyclic) bond motifs is 6. The van der Waals surface area contributed by atoms with Crippen LogP contribution >= 0.6 is 31.9 Å². The molecular formula is C19H15Br2NO2. The van der Waals surface area contributed by atoms with Crippen LogP contribution in [0.4, 0.5) is 5.69 Å². The van der Waals surface area contributed by atoms with E-state index in [-0.39, 0.29) is 45.1 Å². The van der Waals surface area contributed by atoms with E-state index in [0.717, 1.165) is 22.9 Å². The van der Waals surface area contributed by atoms with Crippen molar-refractivity contribution in [3.05, 3.63) is 42.5 Å². The van der Waals surface area contributed by atoms with Crippen LogP contribution in [0.3, 0.4) is 0 Å². The molecule has 0 N–H and O–H groups in total. The number of amides is 2. The zero-order chi connectivity index (χ0) is 16.6. The van der Waals surface area contributed by atoms with E-state index < -0.39 is 0 Å². The molecule has 1 heterocycles. The molecule has 1 saturated heterocycles. The van der Waals surface area contributed by atoms with E-state index in [4.69, 9.17) is 0 Å². The van der Waals surface area contributed by atoms with Gasteiger partial charge in [-0.3, -0.25) is 9.59 Å². The van der Waals surface area contributed by atoms with Gasteiger partial charge in [0, 0.05) is 15.0 Å². The molecule has 2 aromatic carbocycles. The Balaban J connectivity index is 1.64. The number of halogens is 2. The van der Waals surface area contributed by atoms with Crippen molar-refractivity contribution in [1.29, 1.82) is 0 Å². The highest BCUT2D eigenvalue weighted by molar-refractivity contribution is 9.12. The van der Waals surface area contributed by atoms with Crippen LogP contribution in [0, 0.1) is 23.7 Å². The third kappa shape index (κ3) is 1.77. The van der Waals surface area contributed by atoms with Crippen LogP contribution in [0.5, 0.6) is 0 Å². The van der Waals surface area contributed by atoms with Crippen LogP contribution in [0.15, 0.2) is 42.5 Å². The van der Waals surface area contributed by atoms with Crippen LogP contribution in [0.2, 0.25) is 0 Å². The molecular weight excluding hydrogens is 434 g/mol. The van der Waals surface area contributed by atoms with Gasteiger partial charge in [-0.2, -0.15) is 0 Å². The zero-order valence-electron chi connectivity index (χ0n) is 12.7. The van der Waals surface area contributed by atoms with Gasteiger partial charge in [0.2, 0.25) is 11.8 Å². The van der Waals surface area contributed by atoms with Crippen molar-refractivity contribution in [2.24, 2.45) is 23.7 Å². The average Bonchev–Trinajstić information content (AvgIpc) is 3.20. The van der Waals surface area contributed by atoms with Gasteiger partial charge in [-0.25, -0.2) is 4.90 Å². The Morgan fingerprint density at radius 2 is 1.42 bits per heavy atom. The normalized spacial score (nSPS) is 37.5. The summed E-state index contributed by atoms with van der Waals surface area (Å²) < 4.78 is 0. The van der Waals surface area contributed by atoms with Crippen LogP contribution in [-0.4, -0.2) is 21.5 Å². The molecule has 2 amide bonds. The molecule has 2 saturated carbocycles. The second kappa shape index (κ2) is 5.15. The smallest absolute Gasteiger partial charge is 0.238 e. The van der Waals surface area contributed by atoms with Crippen molar-refractivity contribution in [1.82, 2.24) is 0 Å². The molecule has 2 aliphatic carbocycles. The molecule has 122 valence electrons. The van der Waals surface area contributed by atoms with E-state index >= 15 is 0 Å². The van der Waals surface area contributed by atoms with Crippen LogP contribution in [-0.2, 0) is 9.59 Å². The van der Waals surface area contributed by atoms with Gasteiger partial charge in [0.15, 0.2) is 0 Å². The number of hydrogen-bond acceptors (Lipinski definition) is 2. The Kier molecular flexibility index (Phi) is 3.24. The summed E-state index contributed by atoms with van der Waals surface area (Å²) in [4.78, 5) is 28.3. The summed E-state index contributed by atoms with van der Waals surface area (Å²) in [5.41, 5.74) is 0.731. The van der Waals surface area contributed by atoms with E-state index in [1.165, 1.54) is 4.90 Å². The average molecular weight is 449 g/mol. The van der Waals surface area contributed by atoms with Gasteiger partial charge >= 0.3 is 0 Å². The van der Waals surface area contributed by atoms with Crippen molar-refractivity contribution >= 4 is 60.1 Å². The molecule has 5 heteroatoms. The van der Waals surface area contributed by atoms with Gasteiger partial charge in [0.1, 0.15) is 0 Å². The fourth-order valence-electron chi connectivity index (χ4n) is 4.99. The summed E-state index contributed by atoms with van der Waals surface area (Å²) in [6, 6.07) is 13.7. The fourth-order valence-corrected chi connectivity index (χ4v) is 6.86. The highest BCUT2D eigenvalue weighted by Gasteiger charge is 2.66. The molecule has 3 aliphatic rings. The molecule has 1 aliphatic heterocycles. The molecule has 2 bridgehead atoms. The first-order valence-electron chi connectivity index (χ1n) is 8.23. The van der Waals surface area contributed by atoms with Gasteiger partial charge in [0.05, 0.1) is 17.5 Å². The first kappa shape index (κ1) is 15.1. The highest BCUT2D eigenvalue weighted by Crippen LogP contribution is 2.60. The molecule has 2 aromatic rings. The topological polar surface area (TPSA) is 37.4 Å². The number of imide groups is 1. The number of alkyl halides is 2. The van der Waals surface area contributed by atoms with Crippen molar-refractivity contribution in [2.45, 2.75) is 16.1 Å². The summed E-state index contributed by atoms with van der Waals surface area (Å²) in [7, 11) is 0. The summed E-state index contributed by atoms with van der Waals surface area (Å²) in [5, 5.41) is 2.01.